The molecule has 5 nitrogen and oxygen atoms in total. The summed E-state index contributed by atoms with van der Waals surface area (Å²) >= 11 is 0. The lowest BCUT2D eigenvalue weighted by Gasteiger charge is -2.35. The average Bonchev–Trinajstić information content (AvgIpc) is 3.20. The van der Waals surface area contributed by atoms with E-state index in [0.29, 0.717) is 5.56 Å². The van der Waals surface area contributed by atoms with E-state index in [0.717, 1.165) is 44.9 Å². The van der Waals surface area contributed by atoms with Gasteiger partial charge in [0, 0.05) is 59.0 Å². The summed E-state index contributed by atoms with van der Waals surface area (Å²) in [7, 11) is 12.4. The molecule has 0 N–H and O–H groups in total. The fraction of sp³-hybridized carbons (Fsp3) is 0.269. The van der Waals surface area contributed by atoms with Crippen molar-refractivity contribution in [2.24, 2.45) is 0 Å². The highest BCUT2D eigenvalue weighted by Crippen LogP contribution is 2.62. The number of ether oxygens (including phenoxy) is 1. The Labute approximate surface area is 183 Å². The number of carbonyl (C=O) groups excluding carboxylic acids is 1. The largest absolute Gasteiger partial charge is 0.440 e. The first-order valence-corrected chi connectivity index (χ1v) is 10.4. The normalized spacial score (nSPS) is 17.8. The van der Waals surface area contributed by atoms with Crippen LogP contribution in [0.5, 0.6) is 0 Å². The van der Waals surface area contributed by atoms with Gasteiger partial charge in [-0.25, -0.2) is 4.79 Å². The molecule has 3 aromatic carbocycles. The lowest BCUT2D eigenvalue weighted by Crippen LogP contribution is -2.31. The molecule has 31 heavy (non-hydrogen) atoms. The van der Waals surface area contributed by atoms with Crippen LogP contribution in [0.15, 0.2) is 54.6 Å². The van der Waals surface area contributed by atoms with Gasteiger partial charge in [-0.1, -0.05) is 42.5 Å². The van der Waals surface area contributed by atoms with Gasteiger partial charge >= 0.3 is 5.97 Å². The van der Waals surface area contributed by atoms with E-state index < -0.39 is 5.60 Å². The van der Waals surface area contributed by atoms with Crippen LogP contribution in [0.3, 0.4) is 0 Å². The lowest BCUT2D eigenvalue weighted by molar-refractivity contribution is 0.0266. The first-order chi connectivity index (χ1) is 14.8. The Bertz CT molecular complexity index is 1230. The molecule has 0 saturated heterocycles. The van der Waals surface area contributed by atoms with E-state index in [-0.39, 0.29) is 5.97 Å². The Morgan fingerprint density at radius 2 is 1.23 bits per heavy atom. The minimum absolute atomic E-state index is 0.272. The van der Waals surface area contributed by atoms with Gasteiger partial charge in [0.25, 0.3) is 0 Å². The van der Waals surface area contributed by atoms with Crippen LogP contribution in [0.25, 0.3) is 11.1 Å². The second kappa shape index (κ2) is 6.51. The Morgan fingerprint density at radius 3 is 1.81 bits per heavy atom. The molecular formula is C26H27N3O2. The highest BCUT2D eigenvalue weighted by atomic mass is 16.6. The summed E-state index contributed by atoms with van der Waals surface area (Å²) in [6.07, 6.45) is 0. The standard InChI is InChI=1S/C26H27N3O2/c1-27(2)21-15-18-16-11-7-9-13-19(16)26(20-14-10-8-12-17(20)25(30)31-26)22(18)24(29(5)6)23(21)28(3)4/h7-15H,1-6H3. The first-order valence-electron chi connectivity index (χ1n) is 10.4. The molecule has 0 saturated carbocycles. The van der Waals surface area contributed by atoms with E-state index in [1.807, 2.05) is 30.3 Å². The van der Waals surface area contributed by atoms with Crippen LogP contribution < -0.4 is 14.7 Å². The van der Waals surface area contributed by atoms with Gasteiger partial charge < -0.3 is 19.4 Å². The van der Waals surface area contributed by atoms with Gasteiger partial charge in [0.15, 0.2) is 5.60 Å². The Morgan fingerprint density at radius 1 is 0.677 bits per heavy atom. The number of carbonyl (C=O) groups is 1. The molecule has 1 heterocycles. The van der Waals surface area contributed by atoms with Gasteiger partial charge in [-0.3, -0.25) is 0 Å². The predicted octanol–water partition coefficient (Wildman–Crippen LogP) is 4.33. The molecule has 0 bridgehead atoms. The van der Waals surface area contributed by atoms with Crippen molar-refractivity contribution in [1.82, 2.24) is 0 Å². The van der Waals surface area contributed by atoms with Gasteiger partial charge in [0.2, 0.25) is 0 Å². The minimum Gasteiger partial charge on any atom is -0.440 e. The maximum Gasteiger partial charge on any atom is 0.340 e. The number of fused-ring (bicyclic) bond motifs is 7. The Hall–Kier alpha value is -3.47. The zero-order valence-electron chi connectivity index (χ0n) is 18.9. The van der Waals surface area contributed by atoms with Crippen molar-refractivity contribution < 1.29 is 9.53 Å². The highest BCUT2D eigenvalue weighted by molar-refractivity contribution is 6.04. The van der Waals surface area contributed by atoms with Crippen LogP contribution in [-0.4, -0.2) is 48.3 Å². The molecule has 158 valence electrons. The van der Waals surface area contributed by atoms with Gasteiger partial charge in [0.05, 0.1) is 22.6 Å². The van der Waals surface area contributed by atoms with Crippen molar-refractivity contribution in [1.29, 1.82) is 0 Å². The van der Waals surface area contributed by atoms with E-state index in [1.165, 1.54) is 0 Å². The van der Waals surface area contributed by atoms with Crippen LogP contribution in [0.4, 0.5) is 17.1 Å². The quantitative estimate of drug-likeness (QED) is 0.598. The van der Waals surface area contributed by atoms with E-state index in [9.17, 15) is 4.79 Å². The van der Waals surface area contributed by atoms with Crippen LogP contribution >= 0.6 is 0 Å². The molecule has 5 heteroatoms. The molecule has 0 aromatic heterocycles. The molecular weight excluding hydrogens is 386 g/mol. The summed E-state index contributed by atoms with van der Waals surface area (Å²) in [5, 5.41) is 0. The number of benzene rings is 3. The zero-order chi connectivity index (χ0) is 22.1. The van der Waals surface area contributed by atoms with Crippen LogP contribution in [-0.2, 0) is 10.3 Å². The Balaban J connectivity index is 2.00. The maximum absolute atomic E-state index is 13.1. The number of esters is 1. The summed E-state index contributed by atoms with van der Waals surface area (Å²) in [5.74, 6) is -0.272. The van der Waals surface area contributed by atoms with Crippen molar-refractivity contribution >= 4 is 23.0 Å². The number of nitrogens with zero attached hydrogens (tertiary/aromatic N) is 3. The first kappa shape index (κ1) is 19.5. The van der Waals surface area contributed by atoms with Crippen molar-refractivity contribution in [3.05, 3.63) is 76.9 Å². The summed E-state index contributed by atoms with van der Waals surface area (Å²) in [5.41, 5.74) is 8.16. The SMILES string of the molecule is CN(C)c1cc2c(c(N(C)C)c1N(C)C)C1(OC(=O)c3ccccc31)c1ccccc1-2. The molecule has 1 aliphatic carbocycles. The Kier molecular flexibility index (Phi) is 4.09. The molecule has 5 rings (SSSR count). The van der Waals surface area contributed by atoms with Gasteiger partial charge in [0.1, 0.15) is 0 Å². The van der Waals surface area contributed by atoms with E-state index in [4.69, 9.17) is 4.74 Å². The molecule has 0 radical (unpaired) electrons. The summed E-state index contributed by atoms with van der Waals surface area (Å²) < 4.78 is 6.36. The number of rotatable bonds is 3. The predicted molar refractivity (Wildman–Crippen MR) is 127 cm³/mol. The van der Waals surface area contributed by atoms with Gasteiger partial charge in [-0.2, -0.15) is 0 Å². The third kappa shape index (κ3) is 2.40. The monoisotopic (exact) mass is 413 g/mol. The van der Waals surface area contributed by atoms with E-state index in [2.05, 4.69) is 81.3 Å². The topological polar surface area (TPSA) is 36.0 Å². The van der Waals surface area contributed by atoms with Crippen LogP contribution in [0.2, 0.25) is 0 Å². The van der Waals surface area contributed by atoms with Crippen molar-refractivity contribution in [3.8, 4) is 11.1 Å². The zero-order valence-corrected chi connectivity index (χ0v) is 18.9. The molecule has 1 unspecified atom stereocenters. The summed E-state index contributed by atoms with van der Waals surface area (Å²) in [6.45, 7) is 0. The molecule has 1 atom stereocenters. The molecule has 1 aliphatic heterocycles. The van der Waals surface area contributed by atoms with Crippen LogP contribution in [0, 0.1) is 0 Å². The molecule has 1 spiro atoms. The molecule has 0 amide bonds. The molecule has 3 aromatic rings. The fourth-order valence-corrected chi connectivity index (χ4v) is 5.19. The molecule has 2 aliphatic rings. The number of anilines is 3. The lowest BCUT2D eigenvalue weighted by atomic mass is 9.82. The maximum atomic E-state index is 13.1. The van der Waals surface area contributed by atoms with Crippen molar-refractivity contribution in [2.75, 3.05) is 57.0 Å². The highest BCUT2D eigenvalue weighted by Gasteiger charge is 2.56. The minimum atomic E-state index is -0.950. The fourth-order valence-electron chi connectivity index (χ4n) is 5.19. The smallest absolute Gasteiger partial charge is 0.340 e. The van der Waals surface area contributed by atoms with Gasteiger partial charge in [-0.15, -0.1) is 0 Å². The summed E-state index contributed by atoms with van der Waals surface area (Å²) in [4.78, 5) is 19.5. The number of hydrogen-bond acceptors (Lipinski definition) is 5. The van der Waals surface area contributed by atoms with Crippen molar-refractivity contribution in [3.63, 3.8) is 0 Å². The average molecular weight is 414 g/mol. The second-order valence-electron chi connectivity index (χ2n) is 8.86. The summed E-state index contributed by atoms with van der Waals surface area (Å²) in [6, 6.07) is 18.3. The van der Waals surface area contributed by atoms with Gasteiger partial charge in [-0.05, 0) is 23.3 Å². The van der Waals surface area contributed by atoms with E-state index in [1.54, 1.807) is 0 Å². The van der Waals surface area contributed by atoms with Crippen molar-refractivity contribution in [2.45, 2.75) is 5.60 Å². The number of hydrogen-bond donors (Lipinski definition) is 0. The van der Waals surface area contributed by atoms with Crippen LogP contribution in [0.1, 0.15) is 27.0 Å². The third-order valence-corrected chi connectivity index (χ3v) is 6.35. The second-order valence-corrected chi connectivity index (χ2v) is 8.86. The molecule has 0 fully saturated rings. The van der Waals surface area contributed by atoms with E-state index >= 15 is 0 Å². The third-order valence-electron chi connectivity index (χ3n) is 6.35.